The SMILES string of the molecule is C=CCN(CCN1CCOCC1)C(=O)C1N([C@@H](CO)Cc2ccccc2)C(=O)[C@@H]2[C@H](C(=O)O)[C@]3(C)CCC12S3. The van der Waals surface area contributed by atoms with Gasteiger partial charge in [-0.1, -0.05) is 36.4 Å². The normalized spacial score (nSPS) is 32.7. The highest BCUT2D eigenvalue weighted by Crippen LogP contribution is 2.71. The smallest absolute Gasteiger partial charge is 0.308 e. The fourth-order valence-corrected chi connectivity index (χ4v) is 9.59. The highest BCUT2D eigenvalue weighted by molar-refractivity contribution is 8.02. The number of aliphatic hydroxyl groups is 1. The molecule has 0 radical (unpaired) electrons. The zero-order valence-electron chi connectivity index (χ0n) is 22.5. The first-order valence-corrected chi connectivity index (χ1v) is 14.7. The first-order valence-electron chi connectivity index (χ1n) is 13.9. The second kappa shape index (κ2) is 11.2. The van der Waals surface area contributed by atoms with Gasteiger partial charge in [0.05, 0.1) is 42.4 Å². The number of fused-ring (bicyclic) bond motifs is 1. The number of amides is 2. The van der Waals surface area contributed by atoms with Crippen molar-refractivity contribution in [2.24, 2.45) is 11.8 Å². The summed E-state index contributed by atoms with van der Waals surface area (Å²) in [4.78, 5) is 46.9. The van der Waals surface area contributed by atoms with E-state index in [0.29, 0.717) is 52.1 Å². The second-order valence-electron chi connectivity index (χ2n) is 11.4. The summed E-state index contributed by atoms with van der Waals surface area (Å²) in [6.07, 6.45) is 3.30. The number of carboxylic acids is 1. The van der Waals surface area contributed by atoms with E-state index < -0.39 is 39.4 Å². The molecule has 5 rings (SSSR count). The number of rotatable bonds is 11. The molecule has 39 heavy (non-hydrogen) atoms. The zero-order valence-corrected chi connectivity index (χ0v) is 23.4. The van der Waals surface area contributed by atoms with E-state index in [9.17, 15) is 24.6 Å². The molecule has 4 aliphatic rings. The summed E-state index contributed by atoms with van der Waals surface area (Å²) in [5.41, 5.74) is 0.944. The van der Waals surface area contributed by atoms with Crippen LogP contribution in [0.2, 0.25) is 0 Å². The second-order valence-corrected chi connectivity index (χ2v) is 13.3. The number of carbonyl (C=O) groups is 3. The summed E-state index contributed by atoms with van der Waals surface area (Å²) < 4.78 is 4.01. The molecule has 0 saturated carbocycles. The van der Waals surface area contributed by atoms with E-state index in [1.165, 1.54) is 11.8 Å². The van der Waals surface area contributed by atoms with Crippen molar-refractivity contribution in [2.45, 2.75) is 47.8 Å². The number of benzene rings is 1. The van der Waals surface area contributed by atoms with Gasteiger partial charge in [0.25, 0.3) is 0 Å². The number of aliphatic carboxylic acids is 1. The van der Waals surface area contributed by atoms with Gasteiger partial charge in [0.2, 0.25) is 11.8 Å². The lowest BCUT2D eigenvalue weighted by Crippen LogP contribution is -2.58. The molecule has 0 aromatic heterocycles. The predicted octanol–water partition coefficient (Wildman–Crippen LogP) is 1.50. The van der Waals surface area contributed by atoms with Gasteiger partial charge in [-0.3, -0.25) is 19.3 Å². The fourth-order valence-electron chi connectivity index (χ4n) is 7.26. The lowest BCUT2D eigenvalue weighted by Gasteiger charge is -2.40. The van der Waals surface area contributed by atoms with Crippen LogP contribution in [0.15, 0.2) is 43.0 Å². The first kappa shape index (κ1) is 28.1. The van der Waals surface area contributed by atoms with Crippen LogP contribution >= 0.6 is 11.8 Å². The Bertz CT molecular complexity index is 1100. The molecule has 6 atom stereocenters. The molecule has 2 bridgehead atoms. The van der Waals surface area contributed by atoms with E-state index in [2.05, 4.69) is 11.5 Å². The predicted molar refractivity (Wildman–Crippen MR) is 148 cm³/mol. The number of ether oxygens (including phenoxy) is 1. The van der Waals surface area contributed by atoms with Crippen LogP contribution in [-0.2, 0) is 25.5 Å². The molecule has 4 heterocycles. The summed E-state index contributed by atoms with van der Waals surface area (Å²) in [6, 6.07) is 8.10. The molecule has 2 unspecified atom stereocenters. The average Bonchev–Trinajstić information content (AvgIpc) is 3.51. The Kier molecular flexibility index (Phi) is 8.10. The van der Waals surface area contributed by atoms with E-state index in [1.54, 1.807) is 15.9 Å². The molecule has 4 saturated heterocycles. The van der Waals surface area contributed by atoms with Gasteiger partial charge in [0.1, 0.15) is 6.04 Å². The molecule has 0 aliphatic carbocycles. The van der Waals surface area contributed by atoms with Gasteiger partial charge in [-0.05, 0) is 31.7 Å². The highest BCUT2D eigenvalue weighted by Gasteiger charge is 2.78. The molecule has 1 spiro atoms. The van der Waals surface area contributed by atoms with Crippen molar-refractivity contribution in [2.75, 3.05) is 52.5 Å². The summed E-state index contributed by atoms with van der Waals surface area (Å²) in [5, 5.41) is 20.8. The quantitative estimate of drug-likeness (QED) is 0.394. The van der Waals surface area contributed by atoms with Crippen LogP contribution < -0.4 is 0 Å². The molecule has 1 aromatic rings. The Morgan fingerprint density at radius 2 is 1.97 bits per heavy atom. The molecule has 9 nitrogen and oxygen atoms in total. The topological polar surface area (TPSA) is 111 Å². The van der Waals surface area contributed by atoms with Crippen LogP contribution in [-0.4, -0.2) is 117 Å². The van der Waals surface area contributed by atoms with Gasteiger partial charge < -0.3 is 24.7 Å². The zero-order chi connectivity index (χ0) is 27.8. The van der Waals surface area contributed by atoms with Gasteiger partial charge in [-0.25, -0.2) is 0 Å². The van der Waals surface area contributed by atoms with Gasteiger partial charge in [-0.15, -0.1) is 18.3 Å². The van der Waals surface area contributed by atoms with E-state index in [1.807, 2.05) is 37.3 Å². The monoisotopic (exact) mass is 557 g/mol. The van der Waals surface area contributed by atoms with Gasteiger partial charge in [-0.2, -0.15) is 0 Å². The Morgan fingerprint density at radius 3 is 2.62 bits per heavy atom. The number of carbonyl (C=O) groups excluding carboxylic acids is 2. The molecule has 1 aromatic carbocycles. The van der Waals surface area contributed by atoms with Crippen molar-refractivity contribution in [3.8, 4) is 0 Å². The maximum absolute atomic E-state index is 14.5. The van der Waals surface area contributed by atoms with E-state index in [-0.39, 0.29) is 18.4 Å². The number of aliphatic hydroxyl groups excluding tert-OH is 1. The van der Waals surface area contributed by atoms with Crippen molar-refractivity contribution in [3.63, 3.8) is 0 Å². The lowest BCUT2D eigenvalue weighted by molar-refractivity contribution is -0.151. The minimum atomic E-state index is -0.989. The Labute approximate surface area is 234 Å². The van der Waals surface area contributed by atoms with E-state index in [0.717, 1.165) is 18.7 Å². The number of thioether (sulfide) groups is 1. The van der Waals surface area contributed by atoms with Gasteiger partial charge in [0, 0.05) is 37.5 Å². The van der Waals surface area contributed by atoms with Crippen molar-refractivity contribution in [1.29, 1.82) is 0 Å². The third-order valence-electron chi connectivity index (χ3n) is 9.08. The third-order valence-corrected chi connectivity index (χ3v) is 11.1. The van der Waals surface area contributed by atoms with E-state index >= 15 is 0 Å². The Morgan fingerprint density at radius 1 is 1.26 bits per heavy atom. The molecule has 4 fully saturated rings. The largest absolute Gasteiger partial charge is 0.481 e. The first-order chi connectivity index (χ1) is 18.8. The van der Waals surface area contributed by atoms with Crippen LogP contribution in [0, 0.1) is 11.8 Å². The summed E-state index contributed by atoms with van der Waals surface area (Å²) in [6.45, 7) is 9.88. The van der Waals surface area contributed by atoms with Crippen LogP contribution in [0.3, 0.4) is 0 Å². The number of carboxylic acid groups (broad SMARTS) is 1. The summed E-state index contributed by atoms with van der Waals surface area (Å²) in [5.74, 6) is -3.17. The molecule has 212 valence electrons. The van der Waals surface area contributed by atoms with Gasteiger partial charge in [0.15, 0.2) is 0 Å². The summed E-state index contributed by atoms with van der Waals surface area (Å²) >= 11 is 1.52. The average molecular weight is 558 g/mol. The third kappa shape index (κ3) is 4.90. The fraction of sp³-hybridized carbons (Fsp3) is 0.621. The molecule has 2 amide bonds. The van der Waals surface area contributed by atoms with Gasteiger partial charge >= 0.3 is 5.97 Å². The number of likely N-dealkylation sites (tertiary alicyclic amines) is 1. The Hall–Kier alpha value is -2.40. The number of hydrogen-bond acceptors (Lipinski definition) is 7. The maximum Gasteiger partial charge on any atom is 0.308 e. The molecule has 4 aliphatic heterocycles. The van der Waals surface area contributed by atoms with Crippen molar-refractivity contribution < 1.29 is 29.3 Å². The Balaban J connectivity index is 1.51. The summed E-state index contributed by atoms with van der Waals surface area (Å²) in [7, 11) is 0. The number of nitrogens with zero attached hydrogens (tertiary/aromatic N) is 3. The molecule has 2 N–H and O–H groups in total. The van der Waals surface area contributed by atoms with Crippen LogP contribution in [0.4, 0.5) is 0 Å². The van der Waals surface area contributed by atoms with Crippen LogP contribution in [0.25, 0.3) is 0 Å². The highest BCUT2D eigenvalue weighted by atomic mass is 32.2. The molecular weight excluding hydrogens is 518 g/mol. The minimum Gasteiger partial charge on any atom is -0.481 e. The van der Waals surface area contributed by atoms with Crippen LogP contribution in [0.1, 0.15) is 25.3 Å². The number of hydrogen-bond donors (Lipinski definition) is 2. The van der Waals surface area contributed by atoms with Crippen molar-refractivity contribution in [3.05, 3.63) is 48.6 Å². The van der Waals surface area contributed by atoms with Crippen molar-refractivity contribution in [1.82, 2.24) is 14.7 Å². The standard InChI is InChI=1S/C29H39N3O6S/c1-3-11-31(13-12-30-14-16-38-17-15-30)26(35)24-29-10-9-28(2,39-29)23(27(36)37)22(29)25(34)32(24)21(19-33)18-20-7-5-4-6-8-20/h3-8,21-24,33H,1,9-19H2,2H3,(H,36,37)/t21-,22+,23-,24?,28+,29?/m1/s1. The maximum atomic E-state index is 14.5. The van der Waals surface area contributed by atoms with Crippen LogP contribution in [0.5, 0.6) is 0 Å². The lowest BCUT2D eigenvalue weighted by atomic mass is 9.66. The van der Waals surface area contributed by atoms with E-state index in [4.69, 9.17) is 4.74 Å². The number of morpholine rings is 1. The molecule has 10 heteroatoms. The molecular formula is C29H39N3O6S. The minimum absolute atomic E-state index is 0.187. The van der Waals surface area contributed by atoms with Crippen molar-refractivity contribution >= 4 is 29.5 Å².